The highest BCUT2D eigenvalue weighted by Gasteiger charge is 2.32. The van der Waals surface area contributed by atoms with Crippen LogP contribution >= 0.6 is 0 Å². The molecule has 1 aromatic rings. The molecule has 0 fully saturated rings. The Labute approximate surface area is 97.8 Å². The molecule has 0 saturated heterocycles. The summed E-state index contributed by atoms with van der Waals surface area (Å²) in [5, 5.41) is 10.2. The SMILES string of the molecule is CC1=C(c2ccccc2)[C@H](O)C[C@@H]1C(C)C. The van der Waals surface area contributed by atoms with Crippen molar-refractivity contribution in [3.05, 3.63) is 41.5 Å². The Morgan fingerprint density at radius 3 is 2.31 bits per heavy atom. The molecule has 0 unspecified atom stereocenters. The molecule has 0 aromatic heterocycles. The van der Waals surface area contributed by atoms with E-state index in [1.807, 2.05) is 18.2 Å². The molecule has 1 heteroatoms. The Bertz CT molecular complexity index is 389. The van der Waals surface area contributed by atoms with E-state index in [0.29, 0.717) is 11.8 Å². The number of aliphatic hydroxyl groups excluding tert-OH is 1. The Kier molecular flexibility index (Phi) is 3.15. The van der Waals surface area contributed by atoms with Gasteiger partial charge in [0.15, 0.2) is 0 Å². The van der Waals surface area contributed by atoms with Gasteiger partial charge in [0.2, 0.25) is 0 Å². The molecule has 0 bridgehead atoms. The molecule has 0 radical (unpaired) electrons. The average molecular weight is 216 g/mol. The van der Waals surface area contributed by atoms with Crippen LogP contribution in [0.3, 0.4) is 0 Å². The molecular formula is C15H20O. The summed E-state index contributed by atoms with van der Waals surface area (Å²) in [5.74, 6) is 1.14. The number of rotatable bonds is 2. The minimum Gasteiger partial charge on any atom is -0.388 e. The summed E-state index contributed by atoms with van der Waals surface area (Å²) in [6, 6.07) is 10.3. The van der Waals surface area contributed by atoms with Gasteiger partial charge in [0, 0.05) is 0 Å². The van der Waals surface area contributed by atoms with E-state index < -0.39 is 0 Å². The molecule has 0 spiro atoms. The normalized spacial score (nSPS) is 25.6. The molecule has 2 rings (SSSR count). The number of aliphatic hydroxyl groups is 1. The first kappa shape index (κ1) is 11.4. The van der Waals surface area contributed by atoms with Crippen LogP contribution in [-0.2, 0) is 0 Å². The summed E-state index contributed by atoms with van der Waals surface area (Å²) in [7, 11) is 0. The zero-order valence-electron chi connectivity index (χ0n) is 10.3. The van der Waals surface area contributed by atoms with Crippen molar-refractivity contribution in [2.24, 2.45) is 11.8 Å². The predicted octanol–water partition coefficient (Wildman–Crippen LogP) is 3.50. The van der Waals surface area contributed by atoms with E-state index in [2.05, 4.69) is 32.9 Å². The largest absolute Gasteiger partial charge is 0.388 e. The van der Waals surface area contributed by atoms with Crippen molar-refractivity contribution < 1.29 is 5.11 Å². The minimum absolute atomic E-state index is 0.283. The van der Waals surface area contributed by atoms with Crippen LogP contribution in [0.4, 0.5) is 0 Å². The van der Waals surface area contributed by atoms with Gasteiger partial charge in [0.1, 0.15) is 0 Å². The lowest BCUT2D eigenvalue weighted by atomic mass is 9.90. The standard InChI is InChI=1S/C15H20O/c1-10(2)13-9-14(16)15(11(13)3)12-7-5-4-6-8-12/h4-8,10,13-14,16H,9H2,1-3H3/t13-,14-/m1/s1. The van der Waals surface area contributed by atoms with Gasteiger partial charge in [-0.1, -0.05) is 49.8 Å². The van der Waals surface area contributed by atoms with Gasteiger partial charge in [-0.25, -0.2) is 0 Å². The van der Waals surface area contributed by atoms with E-state index in [0.717, 1.165) is 12.0 Å². The van der Waals surface area contributed by atoms with Crippen LogP contribution in [0.5, 0.6) is 0 Å². The zero-order chi connectivity index (χ0) is 11.7. The topological polar surface area (TPSA) is 20.2 Å². The molecule has 0 saturated carbocycles. The molecule has 1 aliphatic rings. The van der Waals surface area contributed by atoms with Crippen molar-refractivity contribution in [1.29, 1.82) is 0 Å². The van der Waals surface area contributed by atoms with E-state index in [4.69, 9.17) is 0 Å². The van der Waals surface area contributed by atoms with Gasteiger partial charge < -0.3 is 5.11 Å². The number of benzene rings is 1. The van der Waals surface area contributed by atoms with Crippen LogP contribution < -0.4 is 0 Å². The Morgan fingerprint density at radius 2 is 1.81 bits per heavy atom. The van der Waals surface area contributed by atoms with Crippen molar-refractivity contribution >= 4 is 5.57 Å². The third kappa shape index (κ3) is 1.92. The quantitative estimate of drug-likeness (QED) is 0.802. The second kappa shape index (κ2) is 4.42. The summed E-state index contributed by atoms with van der Waals surface area (Å²) < 4.78 is 0. The van der Waals surface area contributed by atoms with Crippen molar-refractivity contribution in [3.63, 3.8) is 0 Å². The molecular weight excluding hydrogens is 196 g/mol. The van der Waals surface area contributed by atoms with Gasteiger partial charge in [0.25, 0.3) is 0 Å². The van der Waals surface area contributed by atoms with Gasteiger partial charge in [-0.3, -0.25) is 0 Å². The van der Waals surface area contributed by atoms with Gasteiger partial charge in [-0.2, -0.15) is 0 Å². The average Bonchev–Trinajstić information content (AvgIpc) is 2.56. The van der Waals surface area contributed by atoms with E-state index in [1.165, 1.54) is 11.1 Å². The van der Waals surface area contributed by atoms with Gasteiger partial charge in [0.05, 0.1) is 6.10 Å². The lowest BCUT2D eigenvalue weighted by molar-refractivity contribution is 0.206. The van der Waals surface area contributed by atoms with Gasteiger partial charge >= 0.3 is 0 Å². The number of allylic oxidation sites excluding steroid dienone is 1. The van der Waals surface area contributed by atoms with Crippen LogP contribution in [0.2, 0.25) is 0 Å². The highest BCUT2D eigenvalue weighted by Crippen LogP contribution is 2.41. The molecule has 1 nitrogen and oxygen atoms in total. The van der Waals surface area contributed by atoms with E-state index >= 15 is 0 Å². The van der Waals surface area contributed by atoms with Gasteiger partial charge in [-0.15, -0.1) is 0 Å². The van der Waals surface area contributed by atoms with Crippen molar-refractivity contribution in [2.45, 2.75) is 33.3 Å². The van der Waals surface area contributed by atoms with Crippen LogP contribution in [0.15, 0.2) is 35.9 Å². The fourth-order valence-electron chi connectivity index (χ4n) is 2.81. The fraction of sp³-hybridized carbons (Fsp3) is 0.467. The summed E-state index contributed by atoms with van der Waals surface area (Å²) in [6.45, 7) is 6.63. The molecule has 1 aliphatic carbocycles. The minimum atomic E-state index is -0.283. The molecule has 1 N–H and O–H groups in total. The number of hydrogen-bond acceptors (Lipinski definition) is 1. The van der Waals surface area contributed by atoms with Crippen molar-refractivity contribution in [2.75, 3.05) is 0 Å². The van der Waals surface area contributed by atoms with Crippen molar-refractivity contribution in [3.8, 4) is 0 Å². The summed E-state index contributed by atoms with van der Waals surface area (Å²) in [5.41, 5.74) is 3.70. The van der Waals surface area contributed by atoms with Crippen LogP contribution in [0.25, 0.3) is 5.57 Å². The summed E-state index contributed by atoms with van der Waals surface area (Å²) in [6.07, 6.45) is 0.600. The highest BCUT2D eigenvalue weighted by atomic mass is 16.3. The maximum absolute atomic E-state index is 10.2. The Morgan fingerprint density at radius 1 is 1.19 bits per heavy atom. The Balaban J connectivity index is 2.40. The van der Waals surface area contributed by atoms with Crippen LogP contribution in [-0.4, -0.2) is 11.2 Å². The maximum Gasteiger partial charge on any atom is 0.0801 e. The maximum atomic E-state index is 10.2. The zero-order valence-corrected chi connectivity index (χ0v) is 10.3. The second-order valence-corrected chi connectivity index (χ2v) is 5.06. The number of hydrogen-bond donors (Lipinski definition) is 1. The lowest BCUT2D eigenvalue weighted by Crippen LogP contribution is -2.09. The molecule has 0 aliphatic heterocycles. The molecule has 86 valence electrons. The fourth-order valence-corrected chi connectivity index (χ4v) is 2.81. The van der Waals surface area contributed by atoms with Gasteiger partial charge in [-0.05, 0) is 36.3 Å². The van der Waals surface area contributed by atoms with Crippen LogP contribution in [0.1, 0.15) is 32.8 Å². The van der Waals surface area contributed by atoms with E-state index in [1.54, 1.807) is 0 Å². The van der Waals surface area contributed by atoms with Crippen LogP contribution in [0, 0.1) is 11.8 Å². The lowest BCUT2D eigenvalue weighted by Gasteiger charge is -2.15. The molecule has 0 amide bonds. The smallest absolute Gasteiger partial charge is 0.0801 e. The third-order valence-corrected chi connectivity index (χ3v) is 3.68. The van der Waals surface area contributed by atoms with E-state index in [9.17, 15) is 5.11 Å². The third-order valence-electron chi connectivity index (χ3n) is 3.68. The molecule has 1 aromatic carbocycles. The predicted molar refractivity (Wildman–Crippen MR) is 68.0 cm³/mol. The monoisotopic (exact) mass is 216 g/mol. The first-order chi connectivity index (χ1) is 7.61. The Hall–Kier alpha value is -1.08. The summed E-state index contributed by atoms with van der Waals surface area (Å²) in [4.78, 5) is 0. The van der Waals surface area contributed by atoms with Crippen molar-refractivity contribution in [1.82, 2.24) is 0 Å². The highest BCUT2D eigenvalue weighted by molar-refractivity contribution is 5.74. The molecule has 16 heavy (non-hydrogen) atoms. The second-order valence-electron chi connectivity index (χ2n) is 5.06. The first-order valence-electron chi connectivity index (χ1n) is 6.05. The first-order valence-corrected chi connectivity index (χ1v) is 6.05. The summed E-state index contributed by atoms with van der Waals surface area (Å²) >= 11 is 0. The molecule has 2 atom stereocenters. The van der Waals surface area contributed by atoms with E-state index in [-0.39, 0.29) is 6.10 Å². The molecule has 0 heterocycles.